The molecule has 0 amide bonds. The van der Waals surface area contributed by atoms with Gasteiger partial charge in [0.25, 0.3) is 0 Å². The Kier molecular flexibility index (Phi) is 4.80. The van der Waals surface area contributed by atoms with Gasteiger partial charge in [-0.05, 0) is 24.6 Å². The van der Waals surface area contributed by atoms with Crippen LogP contribution in [-0.2, 0) is 0 Å². The number of hydrogen-bond donors (Lipinski definition) is 1. The maximum Gasteiger partial charge on any atom is 0.573 e. The van der Waals surface area contributed by atoms with Gasteiger partial charge in [-0.3, -0.25) is 0 Å². The highest BCUT2D eigenvalue weighted by Crippen LogP contribution is 2.35. The largest absolute Gasteiger partial charge is 0.573 e. The van der Waals surface area contributed by atoms with Crippen molar-refractivity contribution in [2.75, 3.05) is 24.5 Å². The van der Waals surface area contributed by atoms with E-state index in [1.807, 2.05) is 4.90 Å². The second-order valence-corrected chi connectivity index (χ2v) is 5.58. The molecule has 20 heavy (non-hydrogen) atoms. The molecule has 0 aromatic heterocycles. The summed E-state index contributed by atoms with van der Waals surface area (Å²) in [6.45, 7) is 4.13. The van der Waals surface area contributed by atoms with Crippen LogP contribution in [0.15, 0.2) is 22.7 Å². The van der Waals surface area contributed by atoms with Crippen molar-refractivity contribution >= 4 is 21.6 Å². The minimum atomic E-state index is -4.69. The highest BCUT2D eigenvalue weighted by molar-refractivity contribution is 9.10. The predicted molar refractivity (Wildman–Crippen MR) is 75.1 cm³/mol. The second kappa shape index (κ2) is 6.22. The summed E-state index contributed by atoms with van der Waals surface area (Å²) in [6, 6.07) is 5.02. The fraction of sp³-hybridized carbons (Fsp3) is 0.538. The number of anilines is 1. The Morgan fingerprint density at radius 1 is 1.45 bits per heavy atom. The zero-order valence-corrected chi connectivity index (χ0v) is 12.6. The minimum absolute atomic E-state index is 0.163. The molecule has 0 saturated carbocycles. The quantitative estimate of drug-likeness (QED) is 0.900. The average Bonchev–Trinajstić information content (AvgIpc) is 2.37. The Bertz CT molecular complexity index is 467. The highest BCUT2D eigenvalue weighted by Gasteiger charge is 2.33. The van der Waals surface area contributed by atoms with Crippen LogP contribution in [0.2, 0.25) is 0 Å². The average molecular weight is 353 g/mol. The molecule has 1 heterocycles. The lowest BCUT2D eigenvalue weighted by Gasteiger charge is -2.35. The van der Waals surface area contributed by atoms with E-state index in [1.165, 1.54) is 6.07 Å². The number of rotatable bonds is 3. The number of hydrogen-bond acceptors (Lipinski definition) is 3. The van der Waals surface area contributed by atoms with Crippen LogP contribution in [0.1, 0.15) is 13.3 Å². The van der Waals surface area contributed by atoms with E-state index in [1.54, 1.807) is 12.1 Å². The molecule has 1 fully saturated rings. The van der Waals surface area contributed by atoms with E-state index in [2.05, 4.69) is 32.9 Å². The van der Waals surface area contributed by atoms with Crippen LogP contribution in [0.3, 0.4) is 0 Å². The van der Waals surface area contributed by atoms with Gasteiger partial charge in [0, 0.05) is 30.1 Å². The third-order valence-electron chi connectivity index (χ3n) is 3.24. The molecule has 1 atom stereocenters. The van der Waals surface area contributed by atoms with Gasteiger partial charge in [0.2, 0.25) is 0 Å². The molecular formula is C13H16BrF3N2O. The van der Waals surface area contributed by atoms with E-state index in [4.69, 9.17) is 0 Å². The van der Waals surface area contributed by atoms with Crippen molar-refractivity contribution in [3.8, 4) is 5.75 Å². The Balaban J connectivity index is 2.26. The number of halogens is 4. The summed E-state index contributed by atoms with van der Waals surface area (Å²) < 4.78 is 42.2. The molecule has 0 spiro atoms. The van der Waals surface area contributed by atoms with E-state index < -0.39 is 6.36 Å². The van der Waals surface area contributed by atoms with E-state index in [0.717, 1.165) is 13.0 Å². The predicted octanol–water partition coefficient (Wildman–Crippen LogP) is 3.54. The summed E-state index contributed by atoms with van der Waals surface area (Å²) in [5.74, 6) is -0.163. The first-order chi connectivity index (χ1) is 9.39. The minimum Gasteiger partial charge on any atom is -0.404 e. The molecule has 1 aromatic rings. The molecule has 0 bridgehead atoms. The molecule has 1 saturated heterocycles. The molecule has 1 N–H and O–H groups in total. The number of benzene rings is 1. The molecule has 7 heteroatoms. The van der Waals surface area contributed by atoms with Crippen molar-refractivity contribution in [2.24, 2.45) is 0 Å². The van der Waals surface area contributed by atoms with Crippen LogP contribution in [0.4, 0.5) is 18.9 Å². The molecule has 0 radical (unpaired) electrons. The third kappa shape index (κ3) is 4.02. The van der Waals surface area contributed by atoms with Gasteiger partial charge in [-0.25, -0.2) is 0 Å². The number of nitrogens with one attached hydrogen (secondary N) is 1. The summed E-state index contributed by atoms with van der Waals surface area (Å²) in [7, 11) is 0. The van der Waals surface area contributed by atoms with Crippen LogP contribution in [0, 0.1) is 0 Å². The first-order valence-electron chi connectivity index (χ1n) is 6.42. The lowest BCUT2D eigenvalue weighted by molar-refractivity contribution is -0.274. The number of piperazine rings is 1. The fourth-order valence-corrected chi connectivity index (χ4v) is 2.61. The van der Waals surface area contributed by atoms with Crippen molar-refractivity contribution in [3.63, 3.8) is 0 Å². The van der Waals surface area contributed by atoms with Crippen molar-refractivity contribution in [1.29, 1.82) is 0 Å². The van der Waals surface area contributed by atoms with Crippen LogP contribution in [0.25, 0.3) is 0 Å². The van der Waals surface area contributed by atoms with Crippen molar-refractivity contribution < 1.29 is 17.9 Å². The van der Waals surface area contributed by atoms with Crippen molar-refractivity contribution in [3.05, 3.63) is 22.7 Å². The molecule has 1 aromatic carbocycles. The Morgan fingerprint density at radius 2 is 2.20 bits per heavy atom. The van der Waals surface area contributed by atoms with Gasteiger partial charge >= 0.3 is 6.36 Å². The van der Waals surface area contributed by atoms with Crippen LogP contribution in [-0.4, -0.2) is 32.0 Å². The van der Waals surface area contributed by atoms with E-state index in [-0.39, 0.29) is 11.8 Å². The molecular weight excluding hydrogens is 337 g/mol. The molecule has 1 unspecified atom stereocenters. The monoisotopic (exact) mass is 352 g/mol. The second-order valence-electron chi connectivity index (χ2n) is 4.67. The van der Waals surface area contributed by atoms with Gasteiger partial charge in [0.15, 0.2) is 5.75 Å². The molecule has 0 aliphatic carbocycles. The lowest BCUT2D eigenvalue weighted by atomic mass is 10.1. The molecule has 1 aliphatic heterocycles. The first kappa shape index (κ1) is 15.4. The summed E-state index contributed by atoms with van der Waals surface area (Å²) in [6.07, 6.45) is -3.75. The standard InChI is InChI=1S/C13H16BrF3N2O/c1-2-10-8-19(6-5-18-10)11-4-3-9(14)7-12(11)20-13(15,16)17/h3-4,7,10,18H,2,5-6,8H2,1H3. The smallest absolute Gasteiger partial charge is 0.404 e. The molecule has 2 rings (SSSR count). The number of ether oxygens (including phenoxy) is 1. The topological polar surface area (TPSA) is 24.5 Å². The number of nitrogens with zero attached hydrogens (tertiary/aromatic N) is 1. The number of alkyl halides is 3. The van der Waals surface area contributed by atoms with Gasteiger partial charge < -0.3 is 15.0 Å². The van der Waals surface area contributed by atoms with Gasteiger partial charge in [-0.15, -0.1) is 13.2 Å². The Hall–Kier alpha value is -0.950. The van der Waals surface area contributed by atoms with Gasteiger partial charge in [-0.1, -0.05) is 22.9 Å². The SMILES string of the molecule is CCC1CN(c2ccc(Br)cc2OC(F)(F)F)CCN1. The highest BCUT2D eigenvalue weighted by atomic mass is 79.9. The van der Waals surface area contributed by atoms with Crippen LogP contribution >= 0.6 is 15.9 Å². The summed E-state index contributed by atoms with van der Waals surface area (Å²) >= 11 is 3.18. The molecule has 112 valence electrons. The van der Waals surface area contributed by atoms with Gasteiger partial charge in [0.1, 0.15) is 0 Å². The van der Waals surface area contributed by atoms with E-state index >= 15 is 0 Å². The normalized spacial score (nSPS) is 20.1. The fourth-order valence-electron chi connectivity index (χ4n) is 2.27. The van der Waals surface area contributed by atoms with Gasteiger partial charge in [-0.2, -0.15) is 0 Å². The Labute approximate surface area is 124 Å². The maximum absolute atomic E-state index is 12.5. The summed E-state index contributed by atoms with van der Waals surface area (Å²) in [5.41, 5.74) is 0.477. The third-order valence-corrected chi connectivity index (χ3v) is 3.73. The maximum atomic E-state index is 12.5. The van der Waals surface area contributed by atoms with Gasteiger partial charge in [0.05, 0.1) is 5.69 Å². The lowest BCUT2D eigenvalue weighted by Crippen LogP contribution is -2.50. The van der Waals surface area contributed by atoms with Crippen LogP contribution in [0.5, 0.6) is 5.75 Å². The Morgan fingerprint density at radius 3 is 2.85 bits per heavy atom. The summed E-state index contributed by atoms with van der Waals surface area (Å²) in [4.78, 5) is 1.93. The van der Waals surface area contributed by atoms with Crippen molar-refractivity contribution in [1.82, 2.24) is 5.32 Å². The zero-order chi connectivity index (χ0) is 14.8. The first-order valence-corrected chi connectivity index (χ1v) is 7.22. The van der Waals surface area contributed by atoms with E-state index in [9.17, 15) is 13.2 Å². The zero-order valence-electron chi connectivity index (χ0n) is 11.0. The molecule has 3 nitrogen and oxygen atoms in total. The molecule has 1 aliphatic rings. The summed E-state index contributed by atoms with van der Waals surface area (Å²) in [5, 5.41) is 3.33. The van der Waals surface area contributed by atoms with Crippen molar-refractivity contribution in [2.45, 2.75) is 25.7 Å². The van der Waals surface area contributed by atoms with Crippen LogP contribution < -0.4 is 15.0 Å². The van der Waals surface area contributed by atoms with E-state index in [0.29, 0.717) is 23.2 Å².